The summed E-state index contributed by atoms with van der Waals surface area (Å²) < 4.78 is 36.8. The number of carbonyl (C=O) groups excluding carboxylic acids is 1. The summed E-state index contributed by atoms with van der Waals surface area (Å²) in [6.07, 6.45) is 2.25. The number of aromatic nitrogens is 3. The summed E-state index contributed by atoms with van der Waals surface area (Å²) in [6, 6.07) is 4.16. The Hall–Kier alpha value is -2.04. The van der Waals surface area contributed by atoms with Crippen LogP contribution in [0.25, 0.3) is 11.3 Å². The van der Waals surface area contributed by atoms with Gasteiger partial charge in [0.15, 0.2) is 14.6 Å². The first-order chi connectivity index (χ1) is 11.6. The second-order valence-electron chi connectivity index (χ2n) is 5.69. The fourth-order valence-corrected chi connectivity index (χ4v) is 3.07. The lowest BCUT2D eigenvalue weighted by Gasteiger charge is -2.24. The number of rotatable bonds is 6. The third kappa shape index (κ3) is 3.97. The number of benzene rings is 1. The summed E-state index contributed by atoms with van der Waals surface area (Å²) in [5.74, 6) is -1.63. The average Bonchev–Trinajstić information content (AvgIpc) is 3.02. The van der Waals surface area contributed by atoms with E-state index >= 15 is 0 Å². The molecule has 1 heterocycles. The van der Waals surface area contributed by atoms with Gasteiger partial charge in [-0.15, -0.1) is 5.10 Å². The number of nitrogens with one attached hydrogen (secondary N) is 1. The van der Waals surface area contributed by atoms with Gasteiger partial charge in [-0.05, 0) is 25.5 Å². The lowest BCUT2D eigenvalue weighted by atomic mass is 10.1. The minimum Gasteiger partial charge on any atom is -0.289 e. The number of sulfone groups is 1. The van der Waals surface area contributed by atoms with Gasteiger partial charge in [0.1, 0.15) is 11.5 Å². The van der Waals surface area contributed by atoms with Gasteiger partial charge < -0.3 is 0 Å². The quantitative estimate of drug-likeness (QED) is 0.569. The van der Waals surface area contributed by atoms with Crippen molar-refractivity contribution in [3.8, 4) is 11.3 Å². The topological polar surface area (TPSA) is 114 Å². The monoisotopic (exact) mass is 390 g/mol. The molecule has 0 radical (unpaired) electrons. The van der Waals surface area contributed by atoms with Crippen molar-refractivity contribution >= 4 is 27.3 Å². The van der Waals surface area contributed by atoms with Crippen LogP contribution in [-0.4, -0.2) is 45.5 Å². The Morgan fingerprint density at radius 1 is 1.48 bits per heavy atom. The van der Waals surface area contributed by atoms with Crippen molar-refractivity contribution < 1.29 is 22.8 Å². The van der Waals surface area contributed by atoms with E-state index in [1.807, 2.05) is 0 Å². The van der Waals surface area contributed by atoms with E-state index in [0.717, 1.165) is 6.26 Å². The Bertz CT molecular complexity index is 902. The van der Waals surface area contributed by atoms with E-state index in [1.54, 1.807) is 6.07 Å². The van der Waals surface area contributed by atoms with E-state index in [1.165, 1.54) is 35.4 Å². The highest BCUT2D eigenvalue weighted by atomic mass is 35.5. The number of carbonyl (C=O) groups is 1. The lowest BCUT2D eigenvalue weighted by molar-refractivity contribution is -0.131. The molecule has 2 rings (SSSR count). The molecule has 0 aliphatic heterocycles. The number of nitrogens with zero attached hydrogens (tertiary/aromatic N) is 3. The molecule has 0 unspecified atom stereocenters. The van der Waals surface area contributed by atoms with Crippen LogP contribution in [0.4, 0.5) is 4.39 Å². The fourth-order valence-electron chi connectivity index (χ4n) is 2.11. The summed E-state index contributed by atoms with van der Waals surface area (Å²) in [5, 5.41) is 16.5. The van der Waals surface area contributed by atoms with Gasteiger partial charge in [-0.25, -0.2) is 18.3 Å². The average molecular weight is 391 g/mol. The Balaban J connectivity index is 2.20. The van der Waals surface area contributed by atoms with Crippen LogP contribution in [0, 0.1) is 5.82 Å². The molecule has 0 saturated heterocycles. The third-order valence-corrected chi connectivity index (χ3v) is 6.31. The van der Waals surface area contributed by atoms with Crippen molar-refractivity contribution in [1.29, 1.82) is 0 Å². The predicted octanol–water partition coefficient (Wildman–Crippen LogP) is 1.44. The van der Waals surface area contributed by atoms with Gasteiger partial charge in [0.05, 0.1) is 11.2 Å². The van der Waals surface area contributed by atoms with Crippen LogP contribution in [0.3, 0.4) is 0 Å². The van der Waals surface area contributed by atoms with Gasteiger partial charge in [0.2, 0.25) is 0 Å². The fraction of sp³-hybridized carbons (Fsp3) is 0.357. The van der Waals surface area contributed by atoms with Crippen LogP contribution in [0.5, 0.6) is 0 Å². The van der Waals surface area contributed by atoms with Crippen molar-refractivity contribution in [2.45, 2.75) is 24.6 Å². The summed E-state index contributed by atoms with van der Waals surface area (Å²) in [7, 11) is -3.80. The third-order valence-electron chi connectivity index (χ3n) is 3.97. The highest BCUT2D eigenvalue weighted by Crippen LogP contribution is 2.24. The number of aryl methyl sites for hydroxylation is 1. The van der Waals surface area contributed by atoms with E-state index in [0.29, 0.717) is 11.3 Å². The molecule has 0 aliphatic carbocycles. The highest BCUT2D eigenvalue weighted by Gasteiger charge is 2.43. The number of halogens is 2. The van der Waals surface area contributed by atoms with Crippen LogP contribution in [0.2, 0.25) is 5.02 Å². The zero-order chi connectivity index (χ0) is 18.8. The highest BCUT2D eigenvalue weighted by molar-refractivity contribution is 7.92. The van der Waals surface area contributed by atoms with Gasteiger partial charge in [0, 0.05) is 18.4 Å². The maximum Gasteiger partial charge on any atom is 0.264 e. The molecule has 1 aromatic heterocycles. The minimum atomic E-state index is -3.80. The van der Waals surface area contributed by atoms with Gasteiger partial charge in [0.25, 0.3) is 5.91 Å². The van der Waals surface area contributed by atoms with Crippen LogP contribution in [-0.2, 0) is 21.2 Å². The summed E-state index contributed by atoms with van der Waals surface area (Å²) in [6.45, 7) is 1.25. The molecule has 0 aliphatic rings. The van der Waals surface area contributed by atoms with Crippen LogP contribution >= 0.6 is 11.6 Å². The van der Waals surface area contributed by atoms with E-state index in [2.05, 4.69) is 10.3 Å². The summed E-state index contributed by atoms with van der Waals surface area (Å²) >= 11 is 5.63. The molecular weight excluding hydrogens is 375 g/mol. The SMILES string of the molecule is C[C@@](CCn1cc(-c2ccc(Cl)c(F)c2)nn1)(C(=O)NO)S(C)(=O)=O. The standard InChI is InChI=1S/C14H16ClFN4O4S/c1-14(13(21)18-22,25(2,23)24)5-6-20-8-12(17-19-20)9-3-4-10(15)11(16)7-9/h3-4,7-8,22H,5-6H2,1-2H3,(H,18,21)/t14-/m1/s1. The van der Waals surface area contributed by atoms with Crippen LogP contribution in [0.1, 0.15) is 13.3 Å². The Morgan fingerprint density at radius 3 is 2.72 bits per heavy atom. The van der Waals surface area contributed by atoms with Crippen LogP contribution < -0.4 is 5.48 Å². The summed E-state index contributed by atoms with van der Waals surface area (Å²) in [5.41, 5.74) is 2.19. The van der Waals surface area contributed by atoms with E-state index in [-0.39, 0.29) is 18.0 Å². The first-order valence-corrected chi connectivity index (χ1v) is 9.35. The zero-order valence-corrected chi connectivity index (χ0v) is 15.0. The Kier molecular flexibility index (Phi) is 5.45. The normalized spacial score (nSPS) is 14.1. The molecule has 2 N–H and O–H groups in total. The molecule has 1 atom stereocenters. The smallest absolute Gasteiger partial charge is 0.264 e. The van der Waals surface area contributed by atoms with E-state index in [9.17, 15) is 17.6 Å². The molecule has 0 spiro atoms. The predicted molar refractivity (Wildman–Crippen MR) is 88.2 cm³/mol. The van der Waals surface area contributed by atoms with Crippen molar-refractivity contribution in [1.82, 2.24) is 20.5 Å². The largest absolute Gasteiger partial charge is 0.289 e. The first kappa shape index (κ1) is 19.3. The number of hydrogen-bond donors (Lipinski definition) is 2. The first-order valence-electron chi connectivity index (χ1n) is 7.08. The number of hydroxylamine groups is 1. The molecule has 0 saturated carbocycles. The molecule has 136 valence electrons. The molecule has 25 heavy (non-hydrogen) atoms. The lowest BCUT2D eigenvalue weighted by Crippen LogP contribution is -2.49. The van der Waals surface area contributed by atoms with Gasteiger partial charge in [-0.1, -0.05) is 22.9 Å². The molecule has 2 aromatic rings. The van der Waals surface area contributed by atoms with Crippen molar-refractivity contribution in [3.63, 3.8) is 0 Å². The van der Waals surface area contributed by atoms with Crippen LogP contribution in [0.15, 0.2) is 24.4 Å². The van der Waals surface area contributed by atoms with E-state index < -0.39 is 26.3 Å². The zero-order valence-electron chi connectivity index (χ0n) is 13.4. The molecular formula is C14H16ClFN4O4S. The number of amides is 1. The molecule has 0 bridgehead atoms. The van der Waals surface area contributed by atoms with E-state index in [4.69, 9.17) is 16.8 Å². The molecule has 11 heteroatoms. The minimum absolute atomic E-state index is 0.0184. The van der Waals surface area contributed by atoms with Crippen molar-refractivity contribution in [3.05, 3.63) is 35.2 Å². The Labute approximate surface area is 148 Å². The van der Waals surface area contributed by atoms with Gasteiger partial charge >= 0.3 is 0 Å². The molecule has 1 amide bonds. The second kappa shape index (κ2) is 7.06. The summed E-state index contributed by atoms with van der Waals surface area (Å²) in [4.78, 5) is 11.8. The maximum absolute atomic E-state index is 13.5. The van der Waals surface area contributed by atoms with Gasteiger partial charge in [-0.2, -0.15) is 0 Å². The van der Waals surface area contributed by atoms with Crippen molar-refractivity contribution in [2.24, 2.45) is 0 Å². The van der Waals surface area contributed by atoms with Gasteiger partial charge in [-0.3, -0.25) is 14.7 Å². The van der Waals surface area contributed by atoms with Crippen molar-refractivity contribution in [2.75, 3.05) is 6.26 Å². The molecule has 8 nitrogen and oxygen atoms in total. The molecule has 0 fully saturated rings. The number of hydrogen-bond acceptors (Lipinski definition) is 6. The maximum atomic E-state index is 13.5. The Morgan fingerprint density at radius 2 is 2.16 bits per heavy atom. The second-order valence-corrected chi connectivity index (χ2v) is 8.54. The molecule has 1 aromatic carbocycles.